The highest BCUT2D eigenvalue weighted by Gasteiger charge is 2.17. The van der Waals surface area contributed by atoms with Crippen molar-refractivity contribution in [3.63, 3.8) is 0 Å². The van der Waals surface area contributed by atoms with Gasteiger partial charge in [-0.25, -0.2) is 4.98 Å². The maximum Gasteiger partial charge on any atom is 0.256 e. The number of hydrogen-bond donors (Lipinski definition) is 1. The summed E-state index contributed by atoms with van der Waals surface area (Å²) in [6.45, 7) is 1.88. The standard InChI is InChI=1S/C26H18N4O2S/c1-16-12-24(28-25(31)20-11-10-17-6-2-3-7-18(17)13-20)30(29-16)26-27-21(15-33-26)23-14-19-8-4-5-9-22(19)32-23/h2-15H,1H3,(H,28,31). The Morgan fingerprint density at radius 1 is 0.939 bits per heavy atom. The van der Waals surface area contributed by atoms with Gasteiger partial charge < -0.3 is 9.73 Å². The van der Waals surface area contributed by atoms with Crippen LogP contribution in [0.3, 0.4) is 0 Å². The fraction of sp³-hybridized carbons (Fsp3) is 0.0385. The van der Waals surface area contributed by atoms with Gasteiger partial charge in [-0.2, -0.15) is 9.78 Å². The second-order valence-electron chi connectivity index (χ2n) is 7.76. The van der Waals surface area contributed by atoms with Gasteiger partial charge in [-0.1, -0.05) is 48.5 Å². The monoisotopic (exact) mass is 450 g/mol. The van der Waals surface area contributed by atoms with Crippen LogP contribution in [0.2, 0.25) is 0 Å². The first-order valence-corrected chi connectivity index (χ1v) is 11.3. The van der Waals surface area contributed by atoms with Gasteiger partial charge in [0.15, 0.2) is 5.76 Å². The minimum Gasteiger partial charge on any atom is -0.454 e. The number of nitrogens with one attached hydrogen (secondary N) is 1. The third-order valence-electron chi connectivity index (χ3n) is 5.44. The molecule has 0 saturated heterocycles. The molecule has 160 valence electrons. The third kappa shape index (κ3) is 3.58. The number of carbonyl (C=O) groups is 1. The van der Waals surface area contributed by atoms with E-state index in [4.69, 9.17) is 9.40 Å². The number of thiazole rings is 1. The average Bonchev–Trinajstić information content (AvgIpc) is 3.56. The van der Waals surface area contributed by atoms with E-state index in [1.807, 2.05) is 91.2 Å². The number of benzene rings is 3. The molecule has 0 radical (unpaired) electrons. The number of fused-ring (bicyclic) bond motifs is 2. The van der Waals surface area contributed by atoms with E-state index in [0.29, 0.717) is 22.3 Å². The fourth-order valence-electron chi connectivity index (χ4n) is 3.84. The quantitative estimate of drug-likeness (QED) is 0.335. The molecular weight excluding hydrogens is 432 g/mol. The number of anilines is 1. The van der Waals surface area contributed by atoms with Crippen LogP contribution in [-0.2, 0) is 0 Å². The van der Waals surface area contributed by atoms with Crippen LogP contribution < -0.4 is 5.32 Å². The lowest BCUT2D eigenvalue weighted by atomic mass is 10.1. The minimum atomic E-state index is -0.198. The van der Waals surface area contributed by atoms with Gasteiger partial charge in [-0.3, -0.25) is 4.79 Å². The summed E-state index contributed by atoms with van der Waals surface area (Å²) in [7, 11) is 0. The van der Waals surface area contributed by atoms with Gasteiger partial charge in [0.25, 0.3) is 5.91 Å². The van der Waals surface area contributed by atoms with Crippen LogP contribution in [0.4, 0.5) is 5.82 Å². The van der Waals surface area contributed by atoms with Gasteiger partial charge in [0, 0.05) is 22.4 Å². The highest BCUT2D eigenvalue weighted by atomic mass is 32.1. The van der Waals surface area contributed by atoms with Crippen LogP contribution in [0, 0.1) is 6.92 Å². The lowest BCUT2D eigenvalue weighted by molar-refractivity contribution is 0.102. The Bertz CT molecular complexity index is 1610. The largest absolute Gasteiger partial charge is 0.454 e. The molecule has 0 saturated carbocycles. The zero-order valence-electron chi connectivity index (χ0n) is 17.6. The average molecular weight is 451 g/mol. The van der Waals surface area contributed by atoms with Crippen molar-refractivity contribution in [2.75, 3.05) is 5.32 Å². The second kappa shape index (κ2) is 7.72. The highest BCUT2D eigenvalue weighted by Crippen LogP contribution is 2.30. The molecule has 0 fully saturated rings. The maximum absolute atomic E-state index is 13.0. The van der Waals surface area contributed by atoms with E-state index in [-0.39, 0.29) is 5.91 Å². The van der Waals surface area contributed by atoms with Crippen molar-refractivity contribution in [2.45, 2.75) is 6.92 Å². The number of aryl methyl sites for hydroxylation is 1. The summed E-state index contributed by atoms with van der Waals surface area (Å²) in [5, 5.41) is 13.2. The Morgan fingerprint density at radius 2 is 1.73 bits per heavy atom. The van der Waals surface area contributed by atoms with Crippen LogP contribution in [0.1, 0.15) is 16.1 Å². The smallest absolute Gasteiger partial charge is 0.256 e. The third-order valence-corrected chi connectivity index (χ3v) is 6.25. The molecule has 0 spiro atoms. The van der Waals surface area contributed by atoms with E-state index < -0.39 is 0 Å². The van der Waals surface area contributed by atoms with E-state index in [0.717, 1.165) is 33.1 Å². The van der Waals surface area contributed by atoms with Crippen LogP contribution in [0.25, 0.3) is 38.3 Å². The zero-order valence-corrected chi connectivity index (χ0v) is 18.5. The Morgan fingerprint density at radius 3 is 2.58 bits per heavy atom. The van der Waals surface area contributed by atoms with E-state index >= 15 is 0 Å². The highest BCUT2D eigenvalue weighted by molar-refractivity contribution is 7.12. The Hall–Kier alpha value is -4.23. The number of rotatable bonds is 4. The zero-order chi connectivity index (χ0) is 22.4. The molecule has 0 aliphatic heterocycles. The van der Waals surface area contributed by atoms with Crippen molar-refractivity contribution in [2.24, 2.45) is 0 Å². The molecule has 0 aliphatic rings. The van der Waals surface area contributed by atoms with Gasteiger partial charge in [-0.15, -0.1) is 11.3 Å². The summed E-state index contributed by atoms with van der Waals surface area (Å²) in [6, 6.07) is 25.3. The fourth-order valence-corrected chi connectivity index (χ4v) is 4.61. The van der Waals surface area contributed by atoms with Crippen molar-refractivity contribution >= 4 is 44.8 Å². The van der Waals surface area contributed by atoms with Gasteiger partial charge in [0.05, 0.1) is 5.69 Å². The van der Waals surface area contributed by atoms with Crippen LogP contribution in [0.5, 0.6) is 0 Å². The molecule has 0 bridgehead atoms. The predicted octanol–water partition coefficient (Wildman–Crippen LogP) is 6.46. The van der Waals surface area contributed by atoms with Gasteiger partial charge in [-0.05, 0) is 42.0 Å². The van der Waals surface area contributed by atoms with Gasteiger partial charge in [0.1, 0.15) is 17.1 Å². The summed E-state index contributed by atoms with van der Waals surface area (Å²) in [6.07, 6.45) is 0. The van der Waals surface area contributed by atoms with Gasteiger partial charge >= 0.3 is 0 Å². The number of furan rings is 1. The van der Waals surface area contributed by atoms with Gasteiger partial charge in [0.2, 0.25) is 5.13 Å². The lowest BCUT2D eigenvalue weighted by Gasteiger charge is -2.07. The second-order valence-corrected chi connectivity index (χ2v) is 8.60. The number of hydrogen-bond acceptors (Lipinski definition) is 5. The number of amides is 1. The summed E-state index contributed by atoms with van der Waals surface area (Å²) in [5.74, 6) is 1.07. The van der Waals surface area contributed by atoms with E-state index in [2.05, 4.69) is 10.4 Å². The number of aromatic nitrogens is 3. The van der Waals surface area contributed by atoms with Crippen molar-refractivity contribution in [3.05, 3.63) is 95.5 Å². The summed E-state index contributed by atoms with van der Waals surface area (Å²) in [5.41, 5.74) is 2.91. The van der Waals surface area contributed by atoms with Crippen molar-refractivity contribution in [1.29, 1.82) is 0 Å². The van der Waals surface area contributed by atoms with Crippen LogP contribution >= 0.6 is 11.3 Å². The number of nitrogens with zero attached hydrogens (tertiary/aromatic N) is 3. The van der Waals surface area contributed by atoms with E-state index in [1.54, 1.807) is 4.68 Å². The molecule has 1 N–H and O–H groups in total. The Balaban J connectivity index is 1.31. The molecule has 0 unspecified atom stereocenters. The molecule has 33 heavy (non-hydrogen) atoms. The Kier molecular flexibility index (Phi) is 4.55. The maximum atomic E-state index is 13.0. The first-order chi connectivity index (χ1) is 16.1. The molecule has 6 nitrogen and oxygen atoms in total. The van der Waals surface area contributed by atoms with E-state index in [1.165, 1.54) is 11.3 Å². The van der Waals surface area contributed by atoms with Crippen molar-refractivity contribution in [3.8, 4) is 16.6 Å². The molecule has 0 aliphatic carbocycles. The van der Waals surface area contributed by atoms with Crippen molar-refractivity contribution < 1.29 is 9.21 Å². The molecule has 3 aromatic heterocycles. The summed E-state index contributed by atoms with van der Waals surface area (Å²) >= 11 is 1.44. The summed E-state index contributed by atoms with van der Waals surface area (Å²) < 4.78 is 7.60. The molecule has 7 heteroatoms. The molecule has 6 rings (SSSR count). The predicted molar refractivity (Wildman–Crippen MR) is 131 cm³/mol. The normalized spacial score (nSPS) is 11.3. The molecule has 3 heterocycles. The Labute approximate surface area is 193 Å². The van der Waals surface area contributed by atoms with Crippen molar-refractivity contribution in [1.82, 2.24) is 14.8 Å². The molecule has 3 aromatic carbocycles. The molecule has 0 atom stereocenters. The lowest BCUT2D eigenvalue weighted by Crippen LogP contribution is -2.15. The summed E-state index contributed by atoms with van der Waals surface area (Å²) in [4.78, 5) is 17.7. The molecular formula is C26H18N4O2S. The van der Waals surface area contributed by atoms with Crippen LogP contribution in [0.15, 0.2) is 88.7 Å². The topological polar surface area (TPSA) is 73.0 Å². The molecule has 1 amide bonds. The minimum absolute atomic E-state index is 0.198. The van der Waals surface area contributed by atoms with Crippen LogP contribution in [-0.4, -0.2) is 20.7 Å². The first kappa shape index (κ1) is 19.5. The van der Waals surface area contributed by atoms with E-state index in [9.17, 15) is 4.79 Å². The SMILES string of the molecule is Cc1cc(NC(=O)c2ccc3ccccc3c2)n(-c2nc(-c3cc4ccccc4o3)cs2)n1. The number of para-hydroxylation sites is 1. The molecule has 6 aromatic rings. The number of carbonyl (C=O) groups excluding carboxylic acids is 1. The first-order valence-electron chi connectivity index (χ1n) is 10.5.